The smallest absolute Gasteiger partial charge is 0.408 e. The van der Waals surface area contributed by atoms with E-state index in [0.717, 1.165) is 42.4 Å². The molecule has 1 aromatic heterocycles. The highest BCUT2D eigenvalue weighted by Crippen LogP contribution is 2.22. The lowest BCUT2D eigenvalue weighted by Crippen LogP contribution is -2.51. The Morgan fingerprint density at radius 1 is 1.26 bits per heavy atom. The van der Waals surface area contributed by atoms with Crippen molar-refractivity contribution >= 4 is 22.9 Å². The van der Waals surface area contributed by atoms with Crippen LogP contribution in [0.25, 0.3) is 10.9 Å². The number of carbonyl (C=O) groups excluding carboxylic acids is 2. The van der Waals surface area contributed by atoms with E-state index in [1.165, 1.54) is 0 Å². The van der Waals surface area contributed by atoms with Crippen LogP contribution in [-0.4, -0.2) is 58.8 Å². The van der Waals surface area contributed by atoms with Crippen LogP contribution in [0.5, 0.6) is 0 Å². The number of aromatic nitrogens is 1. The van der Waals surface area contributed by atoms with Crippen LogP contribution in [0.2, 0.25) is 0 Å². The third-order valence-electron chi connectivity index (χ3n) is 5.83. The second-order valence-electron chi connectivity index (χ2n) is 9.36. The van der Waals surface area contributed by atoms with E-state index in [0.29, 0.717) is 19.0 Å². The standard InChI is InChI=1S/C24H36N4O3/c1-6-28-13-9-10-18(28)15-25-22(29)20(26-23(30)31-24(2,3)4)14-17-16-27(5)21-12-8-7-11-19(17)21/h7-8,11-12,16,18,20H,6,9-10,13-15H2,1-5H3,(H,25,29)(H,26,30)/t18?,20-/m1/s1. The molecule has 31 heavy (non-hydrogen) atoms. The van der Waals surface area contributed by atoms with Crippen LogP contribution >= 0.6 is 0 Å². The van der Waals surface area contributed by atoms with Crippen molar-refractivity contribution in [3.63, 3.8) is 0 Å². The first-order valence-electron chi connectivity index (χ1n) is 11.2. The van der Waals surface area contributed by atoms with Gasteiger partial charge < -0.3 is 19.9 Å². The maximum absolute atomic E-state index is 13.1. The van der Waals surface area contributed by atoms with Crippen LogP contribution in [0.1, 0.15) is 46.1 Å². The highest BCUT2D eigenvalue weighted by Gasteiger charge is 2.28. The average Bonchev–Trinajstić information content (AvgIpc) is 3.28. The first-order valence-corrected chi connectivity index (χ1v) is 11.2. The first-order chi connectivity index (χ1) is 14.7. The van der Waals surface area contributed by atoms with Crippen molar-refractivity contribution < 1.29 is 14.3 Å². The number of nitrogens with one attached hydrogen (secondary N) is 2. The van der Waals surface area contributed by atoms with E-state index < -0.39 is 17.7 Å². The van der Waals surface area contributed by atoms with E-state index in [1.807, 2.05) is 56.8 Å². The van der Waals surface area contributed by atoms with Crippen LogP contribution < -0.4 is 10.6 Å². The molecule has 2 aromatic rings. The summed E-state index contributed by atoms with van der Waals surface area (Å²) in [7, 11) is 1.99. The van der Waals surface area contributed by atoms with Crippen LogP contribution in [-0.2, 0) is 23.0 Å². The highest BCUT2D eigenvalue weighted by molar-refractivity contribution is 5.88. The molecule has 2 N–H and O–H groups in total. The molecular formula is C24H36N4O3. The molecule has 1 aliphatic heterocycles. The maximum Gasteiger partial charge on any atom is 0.408 e. The fraction of sp³-hybridized carbons (Fsp3) is 0.583. The van der Waals surface area contributed by atoms with Crippen LogP contribution in [0, 0.1) is 0 Å². The molecule has 1 unspecified atom stereocenters. The van der Waals surface area contributed by atoms with Gasteiger partial charge in [-0.05, 0) is 58.3 Å². The third kappa shape index (κ3) is 6.00. The van der Waals surface area contributed by atoms with E-state index in [4.69, 9.17) is 4.74 Å². The Kier molecular flexibility index (Phi) is 7.26. The number of rotatable bonds is 7. The van der Waals surface area contributed by atoms with Crippen molar-refractivity contribution in [2.24, 2.45) is 7.05 Å². The van der Waals surface area contributed by atoms with Gasteiger partial charge in [0.25, 0.3) is 0 Å². The molecule has 7 heteroatoms. The zero-order valence-electron chi connectivity index (χ0n) is 19.4. The highest BCUT2D eigenvalue weighted by atomic mass is 16.6. The first kappa shape index (κ1) is 23.1. The molecule has 0 spiro atoms. The molecule has 1 saturated heterocycles. The predicted molar refractivity (Wildman–Crippen MR) is 123 cm³/mol. The number of hydrogen-bond donors (Lipinski definition) is 2. The molecule has 1 aromatic carbocycles. The van der Waals surface area contributed by atoms with Crippen molar-refractivity contribution in [3.8, 4) is 0 Å². The van der Waals surface area contributed by atoms with Gasteiger partial charge in [0, 0.05) is 43.2 Å². The van der Waals surface area contributed by atoms with Gasteiger partial charge in [-0.1, -0.05) is 25.1 Å². The van der Waals surface area contributed by atoms with Crippen molar-refractivity contribution in [2.75, 3.05) is 19.6 Å². The van der Waals surface area contributed by atoms with Crippen LogP contribution in [0.3, 0.4) is 0 Å². The number of likely N-dealkylation sites (tertiary alicyclic amines) is 1. The molecule has 1 fully saturated rings. The molecular weight excluding hydrogens is 392 g/mol. The second-order valence-corrected chi connectivity index (χ2v) is 9.36. The molecule has 7 nitrogen and oxygen atoms in total. The van der Waals surface area contributed by atoms with Crippen molar-refractivity contribution in [2.45, 2.75) is 64.6 Å². The largest absolute Gasteiger partial charge is 0.444 e. The van der Waals surface area contributed by atoms with Crippen molar-refractivity contribution in [3.05, 3.63) is 36.0 Å². The number of aryl methyl sites for hydroxylation is 1. The summed E-state index contributed by atoms with van der Waals surface area (Å²) >= 11 is 0. The summed E-state index contributed by atoms with van der Waals surface area (Å²) in [6, 6.07) is 7.72. The predicted octanol–water partition coefficient (Wildman–Crippen LogP) is 3.21. The van der Waals surface area contributed by atoms with Gasteiger partial charge in [-0.2, -0.15) is 0 Å². The molecule has 1 aliphatic rings. The van der Waals surface area contributed by atoms with Gasteiger partial charge in [0.1, 0.15) is 11.6 Å². The summed E-state index contributed by atoms with van der Waals surface area (Å²) < 4.78 is 7.46. The number of likely N-dealkylation sites (N-methyl/N-ethyl adjacent to an activating group) is 1. The zero-order valence-corrected chi connectivity index (χ0v) is 19.4. The monoisotopic (exact) mass is 428 g/mol. The average molecular weight is 429 g/mol. The SMILES string of the molecule is CCN1CCCC1CNC(=O)[C@@H](Cc1cn(C)c2ccccc12)NC(=O)OC(C)(C)C. The van der Waals surface area contributed by atoms with Crippen LogP contribution in [0.4, 0.5) is 4.79 Å². The number of carbonyl (C=O) groups is 2. The molecule has 0 radical (unpaired) electrons. The zero-order chi connectivity index (χ0) is 22.6. The summed E-state index contributed by atoms with van der Waals surface area (Å²) in [5, 5.41) is 6.96. The van der Waals surface area contributed by atoms with Gasteiger partial charge in [-0.3, -0.25) is 9.69 Å². The number of para-hydroxylation sites is 1. The van der Waals surface area contributed by atoms with Gasteiger partial charge in [-0.25, -0.2) is 4.79 Å². The van der Waals surface area contributed by atoms with E-state index in [1.54, 1.807) is 0 Å². The number of nitrogens with zero attached hydrogens (tertiary/aromatic N) is 2. The Bertz CT molecular complexity index is 915. The van der Waals surface area contributed by atoms with Gasteiger partial charge in [0.05, 0.1) is 0 Å². The molecule has 2 heterocycles. The Morgan fingerprint density at radius 2 is 2.00 bits per heavy atom. The normalized spacial score (nSPS) is 18.2. The Balaban J connectivity index is 1.75. The fourth-order valence-corrected chi connectivity index (χ4v) is 4.35. The van der Waals surface area contributed by atoms with Gasteiger partial charge in [0.15, 0.2) is 0 Å². The minimum Gasteiger partial charge on any atom is -0.444 e. The van der Waals surface area contributed by atoms with E-state index in [2.05, 4.69) is 28.5 Å². The molecule has 2 amide bonds. The lowest BCUT2D eigenvalue weighted by Gasteiger charge is -2.26. The Morgan fingerprint density at radius 3 is 2.71 bits per heavy atom. The maximum atomic E-state index is 13.1. The summed E-state index contributed by atoms with van der Waals surface area (Å²) in [4.78, 5) is 28.0. The van der Waals surface area contributed by atoms with E-state index in [-0.39, 0.29) is 5.91 Å². The molecule has 0 saturated carbocycles. The van der Waals surface area contributed by atoms with Gasteiger partial charge in [-0.15, -0.1) is 0 Å². The number of fused-ring (bicyclic) bond motifs is 1. The summed E-state index contributed by atoms with van der Waals surface area (Å²) in [6.45, 7) is 10.2. The summed E-state index contributed by atoms with van der Waals surface area (Å²) in [6.07, 6.45) is 4.08. The molecule has 170 valence electrons. The minimum absolute atomic E-state index is 0.179. The fourth-order valence-electron chi connectivity index (χ4n) is 4.35. The third-order valence-corrected chi connectivity index (χ3v) is 5.83. The molecule has 2 atom stereocenters. The van der Waals surface area contributed by atoms with Crippen molar-refractivity contribution in [1.29, 1.82) is 0 Å². The van der Waals surface area contributed by atoms with Gasteiger partial charge in [0.2, 0.25) is 5.91 Å². The lowest BCUT2D eigenvalue weighted by molar-refractivity contribution is -0.123. The molecule has 0 bridgehead atoms. The Hall–Kier alpha value is -2.54. The minimum atomic E-state index is -0.711. The number of amides is 2. The van der Waals surface area contributed by atoms with E-state index >= 15 is 0 Å². The second kappa shape index (κ2) is 9.73. The Labute approximate surface area is 185 Å². The van der Waals surface area contributed by atoms with Gasteiger partial charge >= 0.3 is 6.09 Å². The summed E-state index contributed by atoms with van der Waals surface area (Å²) in [5.41, 5.74) is 1.49. The molecule has 3 rings (SSSR count). The molecule has 0 aliphatic carbocycles. The number of alkyl carbamates (subject to hydrolysis) is 1. The quantitative estimate of drug-likeness (QED) is 0.710. The number of hydrogen-bond acceptors (Lipinski definition) is 4. The lowest BCUT2D eigenvalue weighted by atomic mass is 10.0. The summed E-state index contributed by atoms with van der Waals surface area (Å²) in [5.74, 6) is -0.179. The topological polar surface area (TPSA) is 75.6 Å². The van der Waals surface area contributed by atoms with Crippen molar-refractivity contribution in [1.82, 2.24) is 20.1 Å². The number of benzene rings is 1. The van der Waals surface area contributed by atoms with E-state index in [9.17, 15) is 9.59 Å². The van der Waals surface area contributed by atoms with Crippen LogP contribution in [0.15, 0.2) is 30.5 Å². The number of ether oxygens (including phenoxy) is 1.